The maximum absolute atomic E-state index is 12.4. The van der Waals surface area contributed by atoms with E-state index in [1.54, 1.807) is 13.3 Å². The molecule has 6 heteroatoms. The van der Waals surface area contributed by atoms with Crippen LogP contribution < -0.4 is 15.4 Å². The Balaban J connectivity index is 1.77. The van der Waals surface area contributed by atoms with Gasteiger partial charge in [0.05, 0.1) is 30.7 Å². The average Bonchev–Trinajstić information content (AvgIpc) is 2.68. The molecule has 27 heavy (non-hydrogen) atoms. The molecule has 0 aliphatic carbocycles. The van der Waals surface area contributed by atoms with Gasteiger partial charge >= 0.3 is 6.09 Å². The lowest BCUT2D eigenvalue weighted by Crippen LogP contribution is -2.46. The van der Waals surface area contributed by atoms with Crippen molar-refractivity contribution in [2.45, 2.75) is 39.5 Å². The van der Waals surface area contributed by atoms with Gasteiger partial charge < -0.3 is 20.1 Å². The SMILES string of the molecule is COc1cnc2c(c1)N[C@@H](C(C)C)[C@H](C)[C@H]2NC(=O)OCc1ccccc1. The van der Waals surface area contributed by atoms with Crippen molar-refractivity contribution in [3.8, 4) is 5.75 Å². The number of rotatable bonds is 5. The van der Waals surface area contributed by atoms with Crippen LogP contribution in [0.3, 0.4) is 0 Å². The molecule has 1 aliphatic rings. The molecule has 0 radical (unpaired) electrons. The van der Waals surface area contributed by atoms with Crippen LogP contribution in [0.25, 0.3) is 0 Å². The summed E-state index contributed by atoms with van der Waals surface area (Å²) in [5, 5.41) is 6.56. The molecule has 2 heterocycles. The third kappa shape index (κ3) is 4.32. The highest BCUT2D eigenvalue weighted by Crippen LogP contribution is 2.39. The Kier molecular flexibility index (Phi) is 5.84. The monoisotopic (exact) mass is 369 g/mol. The number of benzene rings is 1. The molecule has 1 amide bonds. The molecule has 0 bridgehead atoms. The highest BCUT2D eigenvalue weighted by atomic mass is 16.5. The number of carbonyl (C=O) groups excluding carboxylic acids is 1. The van der Waals surface area contributed by atoms with Crippen molar-refractivity contribution in [1.29, 1.82) is 0 Å². The molecule has 1 aromatic heterocycles. The number of hydrogen-bond donors (Lipinski definition) is 2. The number of alkyl carbamates (subject to hydrolysis) is 1. The van der Waals surface area contributed by atoms with Gasteiger partial charge in [0.2, 0.25) is 0 Å². The topological polar surface area (TPSA) is 72.5 Å². The van der Waals surface area contributed by atoms with Crippen LogP contribution in [0.2, 0.25) is 0 Å². The Morgan fingerprint density at radius 2 is 2.04 bits per heavy atom. The summed E-state index contributed by atoms with van der Waals surface area (Å²) in [7, 11) is 1.62. The van der Waals surface area contributed by atoms with Gasteiger partial charge in [0, 0.05) is 18.0 Å². The zero-order valence-electron chi connectivity index (χ0n) is 16.2. The lowest BCUT2D eigenvalue weighted by atomic mass is 9.81. The second-order valence-electron chi connectivity index (χ2n) is 7.26. The molecule has 144 valence electrons. The fraction of sp³-hybridized carbons (Fsp3) is 0.429. The molecule has 0 spiro atoms. The van der Waals surface area contributed by atoms with Crippen molar-refractivity contribution in [3.05, 3.63) is 53.9 Å². The molecule has 0 unspecified atom stereocenters. The van der Waals surface area contributed by atoms with Crippen LogP contribution in [0.4, 0.5) is 10.5 Å². The minimum absolute atomic E-state index is 0.155. The second kappa shape index (κ2) is 8.29. The molecule has 2 N–H and O–H groups in total. The molecule has 2 aromatic rings. The summed E-state index contributed by atoms with van der Waals surface area (Å²) in [5.41, 5.74) is 2.64. The predicted molar refractivity (Wildman–Crippen MR) is 105 cm³/mol. The highest BCUT2D eigenvalue weighted by molar-refractivity contribution is 5.69. The smallest absolute Gasteiger partial charge is 0.408 e. The van der Waals surface area contributed by atoms with E-state index in [-0.39, 0.29) is 24.6 Å². The van der Waals surface area contributed by atoms with E-state index in [4.69, 9.17) is 9.47 Å². The first-order chi connectivity index (χ1) is 13.0. The zero-order valence-corrected chi connectivity index (χ0v) is 16.2. The Labute approximate surface area is 160 Å². The van der Waals surface area contributed by atoms with Crippen LogP contribution in [0.5, 0.6) is 5.75 Å². The quantitative estimate of drug-likeness (QED) is 0.828. The van der Waals surface area contributed by atoms with Crippen molar-refractivity contribution in [2.24, 2.45) is 11.8 Å². The Morgan fingerprint density at radius 1 is 1.30 bits per heavy atom. The van der Waals surface area contributed by atoms with E-state index < -0.39 is 6.09 Å². The molecule has 0 fully saturated rings. The van der Waals surface area contributed by atoms with Gasteiger partial charge in [-0.15, -0.1) is 0 Å². The summed E-state index contributed by atoms with van der Waals surface area (Å²) >= 11 is 0. The number of nitrogens with zero attached hydrogens (tertiary/aromatic N) is 1. The van der Waals surface area contributed by atoms with E-state index in [1.807, 2.05) is 36.4 Å². The molecule has 1 aromatic carbocycles. The van der Waals surface area contributed by atoms with Crippen molar-refractivity contribution in [3.63, 3.8) is 0 Å². The van der Waals surface area contributed by atoms with Gasteiger partial charge in [0.15, 0.2) is 0 Å². The minimum atomic E-state index is -0.441. The fourth-order valence-corrected chi connectivity index (χ4v) is 3.56. The van der Waals surface area contributed by atoms with Crippen molar-refractivity contribution in [1.82, 2.24) is 10.3 Å². The van der Waals surface area contributed by atoms with Crippen LogP contribution in [-0.4, -0.2) is 24.2 Å². The summed E-state index contributed by atoms with van der Waals surface area (Å²) in [4.78, 5) is 17.0. The number of nitrogens with one attached hydrogen (secondary N) is 2. The molecule has 0 saturated heterocycles. The number of hydrogen-bond acceptors (Lipinski definition) is 5. The van der Waals surface area contributed by atoms with Crippen LogP contribution in [0.15, 0.2) is 42.6 Å². The van der Waals surface area contributed by atoms with E-state index in [0.717, 1.165) is 16.9 Å². The van der Waals surface area contributed by atoms with Gasteiger partial charge in [-0.1, -0.05) is 51.1 Å². The van der Waals surface area contributed by atoms with Crippen molar-refractivity contribution < 1.29 is 14.3 Å². The third-order valence-electron chi connectivity index (χ3n) is 5.04. The summed E-state index contributed by atoms with van der Waals surface area (Å²) in [6.07, 6.45) is 1.23. The minimum Gasteiger partial charge on any atom is -0.495 e. The molecular weight excluding hydrogens is 342 g/mol. The third-order valence-corrected chi connectivity index (χ3v) is 5.04. The summed E-state index contributed by atoms with van der Waals surface area (Å²) in [5.74, 6) is 1.23. The van der Waals surface area contributed by atoms with Gasteiger partial charge in [-0.05, 0) is 11.5 Å². The van der Waals surface area contributed by atoms with Gasteiger partial charge in [0.1, 0.15) is 12.4 Å². The molecule has 6 nitrogen and oxygen atoms in total. The molecule has 0 saturated carbocycles. The summed E-state index contributed by atoms with van der Waals surface area (Å²) in [6, 6.07) is 11.5. The highest BCUT2D eigenvalue weighted by Gasteiger charge is 2.37. The average molecular weight is 369 g/mol. The number of amides is 1. The molecule has 3 atom stereocenters. The number of pyridine rings is 1. The summed E-state index contributed by atoms with van der Waals surface area (Å²) in [6.45, 7) is 6.69. The van der Waals surface area contributed by atoms with E-state index in [9.17, 15) is 4.79 Å². The van der Waals surface area contributed by atoms with E-state index >= 15 is 0 Å². The van der Waals surface area contributed by atoms with E-state index in [0.29, 0.717) is 11.7 Å². The Hall–Kier alpha value is -2.76. The molecule has 3 rings (SSSR count). The first-order valence-electron chi connectivity index (χ1n) is 9.27. The standard InChI is InChI=1S/C21H27N3O3/c1-13(2)18-14(3)19(20-17(23-18)10-16(26-4)11-22-20)24-21(25)27-12-15-8-6-5-7-9-15/h5-11,13-14,18-19,23H,12H2,1-4H3,(H,24,25)/t14-,18-,19+/m0/s1. The van der Waals surface area contributed by atoms with Crippen LogP contribution >= 0.6 is 0 Å². The van der Waals surface area contributed by atoms with E-state index in [2.05, 4.69) is 36.4 Å². The zero-order chi connectivity index (χ0) is 19.4. The lowest BCUT2D eigenvalue weighted by Gasteiger charge is -2.40. The summed E-state index contributed by atoms with van der Waals surface area (Å²) < 4.78 is 10.7. The first kappa shape index (κ1) is 19.0. The van der Waals surface area contributed by atoms with Gasteiger partial charge in [0.25, 0.3) is 0 Å². The number of methoxy groups -OCH3 is 1. The first-order valence-corrected chi connectivity index (χ1v) is 9.27. The largest absolute Gasteiger partial charge is 0.495 e. The normalized spacial score (nSPS) is 21.1. The fourth-order valence-electron chi connectivity index (χ4n) is 3.56. The lowest BCUT2D eigenvalue weighted by molar-refractivity contribution is 0.129. The van der Waals surface area contributed by atoms with Crippen LogP contribution in [0, 0.1) is 11.8 Å². The van der Waals surface area contributed by atoms with Crippen molar-refractivity contribution in [2.75, 3.05) is 12.4 Å². The van der Waals surface area contributed by atoms with Crippen LogP contribution in [-0.2, 0) is 11.3 Å². The molecule has 1 aliphatic heterocycles. The maximum atomic E-state index is 12.4. The van der Waals surface area contributed by atoms with Gasteiger partial charge in [-0.3, -0.25) is 4.98 Å². The van der Waals surface area contributed by atoms with Gasteiger partial charge in [-0.2, -0.15) is 0 Å². The van der Waals surface area contributed by atoms with Crippen molar-refractivity contribution >= 4 is 11.8 Å². The maximum Gasteiger partial charge on any atom is 0.408 e. The molecular formula is C21H27N3O3. The number of fused-ring (bicyclic) bond motifs is 1. The number of ether oxygens (including phenoxy) is 2. The predicted octanol–water partition coefficient (Wildman–Crippen LogP) is 4.14. The number of aromatic nitrogens is 1. The van der Waals surface area contributed by atoms with E-state index in [1.165, 1.54) is 0 Å². The Bertz CT molecular complexity index is 779. The van der Waals surface area contributed by atoms with Crippen LogP contribution in [0.1, 0.15) is 38.1 Å². The number of carbonyl (C=O) groups is 1. The van der Waals surface area contributed by atoms with Gasteiger partial charge in [-0.25, -0.2) is 4.79 Å². The Morgan fingerprint density at radius 3 is 2.70 bits per heavy atom. The number of anilines is 1. The second-order valence-corrected chi connectivity index (χ2v) is 7.26.